The highest BCUT2D eigenvalue weighted by Gasteiger charge is 2.41. The number of aromatic amines is 1. The Morgan fingerprint density at radius 1 is 1.28 bits per heavy atom. The summed E-state index contributed by atoms with van der Waals surface area (Å²) in [6, 6.07) is -0.299. The number of aliphatic hydroxyl groups excluding tert-OH is 1. The molecule has 0 saturated heterocycles. The Kier molecular flexibility index (Phi) is 8.44. The van der Waals surface area contributed by atoms with Gasteiger partial charge >= 0.3 is 5.97 Å². The third kappa shape index (κ3) is 5.56. The summed E-state index contributed by atoms with van der Waals surface area (Å²) >= 11 is 0. The number of hydrogen-bond acceptors (Lipinski definition) is 7. The smallest absolute Gasteiger partial charge is 0.306 e. The van der Waals surface area contributed by atoms with E-state index in [1.165, 1.54) is 38.4 Å². The number of imidazole rings is 1. The molecule has 0 aliphatic heterocycles. The van der Waals surface area contributed by atoms with E-state index >= 15 is 0 Å². The van der Waals surface area contributed by atoms with Crippen molar-refractivity contribution in [3.8, 4) is 0 Å². The van der Waals surface area contributed by atoms with Crippen LogP contribution in [0.3, 0.4) is 0 Å². The summed E-state index contributed by atoms with van der Waals surface area (Å²) in [6.45, 7) is 6.16. The topological polar surface area (TPSA) is 136 Å². The number of carbonyl (C=O) groups is 1. The van der Waals surface area contributed by atoms with E-state index in [2.05, 4.69) is 28.5 Å². The van der Waals surface area contributed by atoms with Gasteiger partial charge in [-0.15, -0.1) is 0 Å². The van der Waals surface area contributed by atoms with Crippen LogP contribution in [0, 0.1) is 5.92 Å². The fourth-order valence-corrected chi connectivity index (χ4v) is 4.48. The van der Waals surface area contributed by atoms with Crippen molar-refractivity contribution in [2.24, 2.45) is 5.92 Å². The molecule has 0 aromatic carbocycles. The van der Waals surface area contributed by atoms with Crippen molar-refractivity contribution >= 4 is 23.1 Å². The number of nitrogen functional groups attached to an aromatic ring is 1. The first-order valence-corrected chi connectivity index (χ1v) is 11.7. The summed E-state index contributed by atoms with van der Waals surface area (Å²) in [5, 5.41) is 9.90. The number of hydrogen-bond donors (Lipinski definition) is 3. The number of rotatable bonds is 12. The number of aromatic nitrogens is 4. The second-order valence-electron chi connectivity index (χ2n) is 8.64. The number of unbranched alkanes of at least 4 members (excludes halogenated alkanes) is 7. The lowest BCUT2D eigenvalue weighted by Gasteiger charge is -2.18. The zero-order valence-corrected chi connectivity index (χ0v) is 18.9. The maximum absolute atomic E-state index is 12.4. The molecule has 9 nitrogen and oxygen atoms in total. The van der Waals surface area contributed by atoms with Crippen LogP contribution in [-0.4, -0.2) is 43.3 Å². The molecular formula is C23H35N5O4. The quantitative estimate of drug-likeness (QED) is 0.259. The van der Waals surface area contributed by atoms with Gasteiger partial charge in [-0.05, 0) is 12.0 Å². The molecule has 1 fully saturated rings. The zero-order valence-electron chi connectivity index (χ0n) is 18.9. The lowest BCUT2D eigenvalue weighted by molar-refractivity contribution is -0.151. The third-order valence-electron chi connectivity index (χ3n) is 6.31. The molecule has 0 spiro atoms. The van der Waals surface area contributed by atoms with E-state index in [9.17, 15) is 14.7 Å². The largest absolute Gasteiger partial charge is 0.462 e. The van der Waals surface area contributed by atoms with Crippen molar-refractivity contribution in [1.29, 1.82) is 0 Å². The monoisotopic (exact) mass is 445 g/mol. The lowest BCUT2D eigenvalue weighted by Crippen LogP contribution is -2.25. The van der Waals surface area contributed by atoms with Gasteiger partial charge in [0.05, 0.1) is 19.0 Å². The van der Waals surface area contributed by atoms with Crippen LogP contribution in [0.15, 0.2) is 23.3 Å². The van der Waals surface area contributed by atoms with Gasteiger partial charge < -0.3 is 20.1 Å². The van der Waals surface area contributed by atoms with Crippen LogP contribution in [-0.2, 0) is 9.53 Å². The molecule has 1 saturated carbocycles. The molecule has 4 N–H and O–H groups in total. The average Bonchev–Trinajstić information content (AvgIpc) is 3.30. The summed E-state index contributed by atoms with van der Waals surface area (Å²) in [4.78, 5) is 35.3. The number of fused-ring (bicyclic) bond motifs is 1. The van der Waals surface area contributed by atoms with Crippen LogP contribution < -0.4 is 11.3 Å². The summed E-state index contributed by atoms with van der Waals surface area (Å²) in [5.74, 6) is -0.624. The van der Waals surface area contributed by atoms with Crippen molar-refractivity contribution in [3.05, 3.63) is 28.8 Å². The molecule has 0 bridgehead atoms. The number of H-pyrrole nitrogens is 1. The summed E-state index contributed by atoms with van der Waals surface area (Å²) in [6.07, 6.45) is 11.1. The van der Waals surface area contributed by atoms with E-state index in [0.29, 0.717) is 18.5 Å². The predicted molar refractivity (Wildman–Crippen MR) is 123 cm³/mol. The number of carbonyl (C=O) groups excluding carboxylic acids is 1. The second kappa shape index (κ2) is 11.3. The first-order valence-electron chi connectivity index (χ1n) is 11.7. The Morgan fingerprint density at radius 3 is 2.66 bits per heavy atom. The minimum atomic E-state index is -0.476. The van der Waals surface area contributed by atoms with Gasteiger partial charge in [0.15, 0.2) is 11.2 Å². The molecular weight excluding hydrogens is 410 g/mol. The van der Waals surface area contributed by atoms with Crippen LogP contribution >= 0.6 is 0 Å². The maximum Gasteiger partial charge on any atom is 0.306 e. The number of anilines is 1. The van der Waals surface area contributed by atoms with Gasteiger partial charge in [0, 0.05) is 18.8 Å². The summed E-state index contributed by atoms with van der Waals surface area (Å²) in [5.41, 5.74) is 6.53. The number of aliphatic hydroxyl groups is 1. The number of nitrogens with zero attached hydrogens (tertiary/aromatic N) is 3. The summed E-state index contributed by atoms with van der Waals surface area (Å²) in [7, 11) is 0. The summed E-state index contributed by atoms with van der Waals surface area (Å²) < 4.78 is 7.45. The average molecular weight is 446 g/mol. The molecule has 3 rings (SSSR count). The molecule has 0 amide bonds. The number of nitrogens with one attached hydrogen (secondary N) is 1. The van der Waals surface area contributed by atoms with E-state index in [0.717, 1.165) is 24.8 Å². The Hall–Kier alpha value is -2.68. The number of ether oxygens (including phenoxy) is 1. The van der Waals surface area contributed by atoms with Gasteiger partial charge in [0.2, 0.25) is 5.95 Å². The van der Waals surface area contributed by atoms with Crippen LogP contribution in [0.25, 0.3) is 11.2 Å². The van der Waals surface area contributed by atoms with Crippen molar-refractivity contribution in [2.75, 3.05) is 12.3 Å². The molecule has 3 atom stereocenters. The van der Waals surface area contributed by atoms with E-state index in [1.54, 1.807) is 4.57 Å². The van der Waals surface area contributed by atoms with Crippen molar-refractivity contribution in [2.45, 2.75) is 83.3 Å². The fraction of sp³-hybridized carbons (Fsp3) is 0.652. The molecule has 32 heavy (non-hydrogen) atoms. The van der Waals surface area contributed by atoms with E-state index in [-0.39, 0.29) is 36.0 Å². The molecule has 2 heterocycles. The lowest BCUT2D eigenvalue weighted by atomic mass is 10.0. The van der Waals surface area contributed by atoms with Gasteiger partial charge in [-0.25, -0.2) is 4.98 Å². The molecule has 9 heteroatoms. The Bertz CT molecular complexity index is 982. The molecule has 1 aliphatic carbocycles. The van der Waals surface area contributed by atoms with E-state index in [4.69, 9.17) is 10.5 Å². The van der Waals surface area contributed by atoms with Gasteiger partial charge in [-0.2, -0.15) is 4.98 Å². The van der Waals surface area contributed by atoms with Crippen LogP contribution in [0.4, 0.5) is 5.95 Å². The SMILES string of the molecule is C=C1C(CO)C(OC(=O)CCCCCCCCCC)CC1n1cnc2c(=O)[nH]c(N)nc21. The molecule has 176 valence electrons. The highest BCUT2D eigenvalue weighted by atomic mass is 16.5. The first-order chi connectivity index (χ1) is 15.5. The van der Waals surface area contributed by atoms with Crippen molar-refractivity contribution in [1.82, 2.24) is 19.5 Å². The van der Waals surface area contributed by atoms with Crippen LogP contribution in [0.5, 0.6) is 0 Å². The molecule has 2 aromatic rings. The third-order valence-corrected chi connectivity index (χ3v) is 6.31. The van der Waals surface area contributed by atoms with Crippen LogP contribution in [0.2, 0.25) is 0 Å². The Labute approximate surface area is 188 Å². The first kappa shape index (κ1) is 24.0. The van der Waals surface area contributed by atoms with E-state index < -0.39 is 11.7 Å². The molecule has 3 unspecified atom stereocenters. The zero-order chi connectivity index (χ0) is 23.1. The van der Waals surface area contributed by atoms with Gasteiger partial charge in [0.25, 0.3) is 5.56 Å². The minimum Gasteiger partial charge on any atom is -0.462 e. The second-order valence-corrected chi connectivity index (χ2v) is 8.64. The van der Waals surface area contributed by atoms with Gasteiger partial charge in [-0.1, -0.05) is 58.4 Å². The maximum atomic E-state index is 12.4. The Balaban J connectivity index is 1.56. The molecule has 2 aromatic heterocycles. The minimum absolute atomic E-state index is 0.0000845. The normalized spacial score (nSPS) is 20.8. The van der Waals surface area contributed by atoms with Gasteiger partial charge in [-0.3, -0.25) is 14.6 Å². The van der Waals surface area contributed by atoms with Crippen LogP contribution in [0.1, 0.15) is 77.2 Å². The Morgan fingerprint density at radius 2 is 1.97 bits per heavy atom. The number of esters is 1. The fourth-order valence-electron chi connectivity index (χ4n) is 4.48. The molecule has 1 aliphatic rings. The highest BCUT2D eigenvalue weighted by Crippen LogP contribution is 2.41. The van der Waals surface area contributed by atoms with E-state index in [1.807, 2.05) is 0 Å². The van der Waals surface area contributed by atoms with Crippen molar-refractivity contribution in [3.63, 3.8) is 0 Å². The van der Waals surface area contributed by atoms with Gasteiger partial charge in [0.1, 0.15) is 6.10 Å². The highest BCUT2D eigenvalue weighted by molar-refractivity contribution is 5.71. The van der Waals surface area contributed by atoms with Crippen molar-refractivity contribution < 1.29 is 14.6 Å². The number of nitrogens with two attached hydrogens (primary N) is 1. The standard InChI is InChI=1S/C23H35N5O4/c1-3-4-5-6-7-8-9-10-11-19(30)32-18-12-17(15(2)16(18)13-29)28-14-25-20-21(28)26-23(24)27-22(20)31/h14,16-18,29H,2-13H2,1H3,(H3,24,26,27,31). The molecule has 0 radical (unpaired) electrons. The predicted octanol–water partition coefficient (Wildman–Crippen LogP) is 3.25.